The van der Waals surface area contributed by atoms with Gasteiger partial charge in [-0.15, -0.1) is 0 Å². The number of nitrogens with two attached hydrogens (primary N) is 1. The summed E-state index contributed by atoms with van der Waals surface area (Å²) in [5.74, 6) is 6.94. The van der Waals surface area contributed by atoms with Crippen molar-refractivity contribution < 1.29 is 0 Å². The number of nitrogens with zero attached hydrogens (tertiary/aromatic N) is 2. The van der Waals surface area contributed by atoms with Gasteiger partial charge in [0.2, 0.25) is 0 Å². The van der Waals surface area contributed by atoms with Crippen LogP contribution in [0.5, 0.6) is 0 Å². The fraction of sp³-hybridized carbons (Fsp3) is 0.438. The van der Waals surface area contributed by atoms with Crippen LogP contribution in [0.1, 0.15) is 43.6 Å². The molecule has 1 aromatic heterocycles. The third kappa shape index (κ3) is 2.15. The van der Waals surface area contributed by atoms with Gasteiger partial charge in [-0.25, -0.2) is 10.4 Å². The Morgan fingerprint density at radius 2 is 2.10 bits per heavy atom. The van der Waals surface area contributed by atoms with Crippen LogP contribution in [-0.4, -0.2) is 9.55 Å². The quantitative estimate of drug-likeness (QED) is 0.626. The fourth-order valence-corrected chi connectivity index (χ4v) is 3.14. The van der Waals surface area contributed by atoms with E-state index < -0.39 is 0 Å². The van der Waals surface area contributed by atoms with Crippen molar-refractivity contribution in [1.29, 1.82) is 0 Å². The van der Waals surface area contributed by atoms with Gasteiger partial charge >= 0.3 is 0 Å². The normalized spacial score (nSPS) is 17.9. The van der Waals surface area contributed by atoms with Crippen LogP contribution >= 0.6 is 0 Å². The smallest absolute Gasteiger partial charge is 0.128 e. The molecule has 1 unspecified atom stereocenters. The molecule has 4 nitrogen and oxygen atoms in total. The molecule has 1 heterocycles. The van der Waals surface area contributed by atoms with Crippen LogP contribution in [-0.2, 0) is 12.0 Å². The first-order valence-corrected chi connectivity index (χ1v) is 7.34. The minimum atomic E-state index is 0.0754. The van der Waals surface area contributed by atoms with Crippen LogP contribution in [0.4, 0.5) is 0 Å². The van der Waals surface area contributed by atoms with Crippen molar-refractivity contribution in [2.75, 3.05) is 0 Å². The zero-order valence-electron chi connectivity index (χ0n) is 11.9. The van der Waals surface area contributed by atoms with E-state index in [4.69, 9.17) is 5.84 Å². The Morgan fingerprint density at radius 3 is 2.70 bits per heavy atom. The van der Waals surface area contributed by atoms with E-state index in [1.54, 1.807) is 0 Å². The Balaban J connectivity index is 1.96. The second kappa shape index (κ2) is 5.38. The number of hydrogen-bond acceptors (Lipinski definition) is 3. The lowest BCUT2D eigenvalue weighted by Crippen LogP contribution is -2.38. The molecule has 1 aromatic carbocycles. The summed E-state index contributed by atoms with van der Waals surface area (Å²) in [5.41, 5.74) is 4.48. The van der Waals surface area contributed by atoms with Crippen LogP contribution < -0.4 is 11.3 Å². The SMILES string of the molecule is CCCn1ccnc1C(NN)C1(c2ccccc2)CC1. The van der Waals surface area contributed by atoms with Gasteiger partial charge in [0.15, 0.2) is 0 Å². The molecule has 1 atom stereocenters. The lowest BCUT2D eigenvalue weighted by Gasteiger charge is -2.27. The van der Waals surface area contributed by atoms with Crippen molar-refractivity contribution in [3.63, 3.8) is 0 Å². The summed E-state index contributed by atoms with van der Waals surface area (Å²) in [6.45, 7) is 3.16. The van der Waals surface area contributed by atoms with Crippen LogP contribution in [0.3, 0.4) is 0 Å². The van der Waals surface area contributed by atoms with Crippen LogP contribution in [0, 0.1) is 0 Å². The maximum Gasteiger partial charge on any atom is 0.128 e. The molecule has 3 rings (SSSR count). The molecule has 0 aliphatic heterocycles. The topological polar surface area (TPSA) is 55.9 Å². The number of hydrazine groups is 1. The maximum absolute atomic E-state index is 5.89. The predicted molar refractivity (Wildman–Crippen MR) is 79.9 cm³/mol. The van der Waals surface area contributed by atoms with E-state index in [0.717, 1.165) is 31.6 Å². The number of aromatic nitrogens is 2. The van der Waals surface area contributed by atoms with Crippen LogP contribution in [0.2, 0.25) is 0 Å². The minimum Gasteiger partial charge on any atom is -0.334 e. The average molecular weight is 270 g/mol. The van der Waals surface area contributed by atoms with Gasteiger partial charge in [0.1, 0.15) is 5.82 Å². The number of benzene rings is 1. The van der Waals surface area contributed by atoms with Gasteiger partial charge in [0, 0.05) is 24.4 Å². The van der Waals surface area contributed by atoms with E-state index >= 15 is 0 Å². The molecule has 1 saturated carbocycles. The molecule has 0 saturated heterocycles. The number of rotatable bonds is 6. The summed E-state index contributed by atoms with van der Waals surface area (Å²) in [6.07, 6.45) is 7.33. The summed E-state index contributed by atoms with van der Waals surface area (Å²) >= 11 is 0. The van der Waals surface area contributed by atoms with Gasteiger partial charge in [0.25, 0.3) is 0 Å². The largest absolute Gasteiger partial charge is 0.334 e. The first-order valence-electron chi connectivity index (χ1n) is 7.34. The highest BCUT2D eigenvalue weighted by Crippen LogP contribution is 2.55. The van der Waals surface area contributed by atoms with Crippen molar-refractivity contribution in [2.45, 2.75) is 44.2 Å². The summed E-state index contributed by atoms with van der Waals surface area (Å²) in [7, 11) is 0. The van der Waals surface area contributed by atoms with E-state index in [0.29, 0.717) is 0 Å². The second-order valence-corrected chi connectivity index (χ2v) is 5.60. The summed E-state index contributed by atoms with van der Waals surface area (Å²) < 4.78 is 2.22. The molecule has 1 fully saturated rings. The summed E-state index contributed by atoms with van der Waals surface area (Å²) in [6, 6.07) is 10.7. The van der Waals surface area contributed by atoms with E-state index in [-0.39, 0.29) is 11.5 Å². The Morgan fingerprint density at radius 1 is 1.35 bits per heavy atom. The Labute approximate surface area is 120 Å². The van der Waals surface area contributed by atoms with Crippen LogP contribution in [0.15, 0.2) is 42.7 Å². The highest BCUT2D eigenvalue weighted by atomic mass is 15.3. The lowest BCUT2D eigenvalue weighted by molar-refractivity contribution is 0.401. The van der Waals surface area contributed by atoms with Gasteiger partial charge in [-0.3, -0.25) is 5.84 Å². The lowest BCUT2D eigenvalue weighted by atomic mass is 9.87. The highest BCUT2D eigenvalue weighted by Gasteiger charge is 2.52. The zero-order chi connectivity index (χ0) is 14.0. The third-order valence-corrected chi connectivity index (χ3v) is 4.33. The van der Waals surface area contributed by atoms with Gasteiger partial charge in [-0.2, -0.15) is 0 Å². The molecule has 4 heteroatoms. The molecule has 20 heavy (non-hydrogen) atoms. The molecular formula is C16H22N4. The molecule has 1 aliphatic carbocycles. The molecule has 0 bridgehead atoms. The van der Waals surface area contributed by atoms with E-state index in [2.05, 4.69) is 52.2 Å². The van der Waals surface area contributed by atoms with Gasteiger partial charge in [-0.05, 0) is 24.8 Å². The fourth-order valence-electron chi connectivity index (χ4n) is 3.14. The van der Waals surface area contributed by atoms with Crippen molar-refractivity contribution in [3.05, 3.63) is 54.1 Å². The van der Waals surface area contributed by atoms with E-state index in [9.17, 15) is 0 Å². The first-order chi connectivity index (χ1) is 9.81. The Kier molecular flexibility index (Phi) is 3.59. The number of nitrogens with one attached hydrogen (secondary N) is 1. The maximum atomic E-state index is 5.89. The van der Waals surface area contributed by atoms with E-state index in [1.165, 1.54) is 5.56 Å². The molecule has 106 valence electrons. The highest BCUT2D eigenvalue weighted by molar-refractivity contribution is 5.35. The predicted octanol–water partition coefficient (Wildman–Crippen LogP) is 2.53. The third-order valence-electron chi connectivity index (χ3n) is 4.33. The molecule has 0 amide bonds. The average Bonchev–Trinajstić information content (AvgIpc) is 3.17. The van der Waals surface area contributed by atoms with Gasteiger partial charge in [0.05, 0.1) is 6.04 Å². The molecule has 3 N–H and O–H groups in total. The summed E-state index contributed by atoms with van der Waals surface area (Å²) in [4.78, 5) is 4.56. The van der Waals surface area contributed by atoms with Gasteiger partial charge < -0.3 is 4.57 Å². The van der Waals surface area contributed by atoms with Crippen molar-refractivity contribution in [3.8, 4) is 0 Å². The van der Waals surface area contributed by atoms with E-state index in [1.807, 2.05) is 12.4 Å². The zero-order valence-corrected chi connectivity index (χ0v) is 11.9. The van der Waals surface area contributed by atoms with Crippen molar-refractivity contribution in [1.82, 2.24) is 15.0 Å². The Bertz CT molecular complexity index is 557. The molecule has 2 aromatic rings. The molecule has 1 aliphatic rings. The second-order valence-electron chi connectivity index (χ2n) is 5.60. The monoisotopic (exact) mass is 270 g/mol. The number of imidazole rings is 1. The molecule has 0 radical (unpaired) electrons. The molecule has 0 spiro atoms. The standard InChI is InChI=1S/C16H22N4/c1-2-11-20-12-10-18-15(20)14(19-17)16(8-9-16)13-6-4-3-5-7-13/h3-7,10,12,14,19H,2,8-9,11,17H2,1H3. The number of aryl methyl sites for hydroxylation is 1. The molecular weight excluding hydrogens is 248 g/mol. The first kappa shape index (κ1) is 13.3. The van der Waals surface area contributed by atoms with Crippen LogP contribution in [0.25, 0.3) is 0 Å². The van der Waals surface area contributed by atoms with Crippen molar-refractivity contribution >= 4 is 0 Å². The summed E-state index contributed by atoms with van der Waals surface area (Å²) in [5, 5.41) is 0. The van der Waals surface area contributed by atoms with Crippen molar-refractivity contribution in [2.24, 2.45) is 5.84 Å². The number of hydrogen-bond donors (Lipinski definition) is 2. The Hall–Kier alpha value is -1.65. The minimum absolute atomic E-state index is 0.0754. The van der Waals surface area contributed by atoms with Gasteiger partial charge in [-0.1, -0.05) is 37.3 Å².